The lowest BCUT2D eigenvalue weighted by Gasteiger charge is -2.07. The molecule has 1 aromatic heterocycles. The Labute approximate surface area is 84.8 Å². The van der Waals surface area contributed by atoms with E-state index in [1.165, 1.54) is 12.3 Å². The molecule has 0 fully saturated rings. The van der Waals surface area contributed by atoms with Gasteiger partial charge >= 0.3 is 5.97 Å². The van der Waals surface area contributed by atoms with Crippen LogP contribution in [-0.4, -0.2) is 16.1 Å². The summed E-state index contributed by atoms with van der Waals surface area (Å²) in [5, 5.41) is 8.79. The largest absolute Gasteiger partial charge is 0.478 e. The third kappa shape index (κ3) is 3.17. The van der Waals surface area contributed by atoms with Gasteiger partial charge in [-0.1, -0.05) is 27.7 Å². The lowest BCUT2D eigenvalue weighted by atomic mass is 10.00. The Bertz CT molecular complexity index is 295. The van der Waals surface area contributed by atoms with E-state index in [-0.39, 0.29) is 5.92 Å². The molecule has 0 aliphatic heterocycles. The lowest BCUT2D eigenvalue weighted by Crippen LogP contribution is -2.03. The molecule has 78 valence electrons. The van der Waals surface area contributed by atoms with Gasteiger partial charge in [0.1, 0.15) is 0 Å². The minimum atomic E-state index is -0.888. The highest BCUT2D eigenvalue weighted by Gasteiger charge is 2.11. The van der Waals surface area contributed by atoms with E-state index in [9.17, 15) is 4.79 Å². The molecule has 0 saturated carbocycles. The van der Waals surface area contributed by atoms with E-state index in [2.05, 4.69) is 4.98 Å². The Hall–Kier alpha value is -1.38. The van der Waals surface area contributed by atoms with Crippen molar-refractivity contribution < 1.29 is 9.90 Å². The number of hydrogen-bond donors (Lipinski definition) is 1. The van der Waals surface area contributed by atoms with Crippen LogP contribution < -0.4 is 0 Å². The normalized spacial score (nSPS) is 9.21. The number of carbonyl (C=O) groups is 1. The lowest BCUT2D eigenvalue weighted by molar-refractivity contribution is 0.0695. The first kappa shape index (κ1) is 12.6. The molecule has 14 heavy (non-hydrogen) atoms. The average Bonchev–Trinajstić information content (AvgIpc) is 2.20. The highest BCUT2D eigenvalue weighted by molar-refractivity contribution is 5.89. The zero-order chi connectivity index (χ0) is 11.1. The van der Waals surface area contributed by atoms with E-state index in [1.807, 2.05) is 27.7 Å². The molecule has 0 radical (unpaired) electrons. The molecular weight excluding hydrogens is 178 g/mol. The molecule has 0 unspecified atom stereocenters. The fraction of sp³-hybridized carbons (Fsp3) is 0.455. The Morgan fingerprint density at radius 1 is 1.43 bits per heavy atom. The number of aromatic carboxylic acids is 1. The van der Waals surface area contributed by atoms with Crippen molar-refractivity contribution in [2.75, 3.05) is 0 Å². The molecule has 0 spiro atoms. The van der Waals surface area contributed by atoms with Gasteiger partial charge in [0.25, 0.3) is 0 Å². The van der Waals surface area contributed by atoms with Gasteiger partial charge in [-0.05, 0) is 17.5 Å². The molecule has 1 aromatic rings. The molecule has 0 amide bonds. The molecule has 1 rings (SSSR count). The third-order valence-corrected chi connectivity index (χ3v) is 1.70. The summed E-state index contributed by atoms with van der Waals surface area (Å²) in [5.41, 5.74) is 1.13. The van der Waals surface area contributed by atoms with Crippen molar-refractivity contribution in [3.63, 3.8) is 0 Å². The molecule has 3 nitrogen and oxygen atoms in total. The van der Waals surface area contributed by atoms with Crippen molar-refractivity contribution in [3.05, 3.63) is 29.6 Å². The van der Waals surface area contributed by atoms with E-state index < -0.39 is 5.97 Å². The van der Waals surface area contributed by atoms with Crippen LogP contribution in [0.2, 0.25) is 0 Å². The summed E-state index contributed by atoms with van der Waals surface area (Å²) in [4.78, 5) is 14.6. The van der Waals surface area contributed by atoms with E-state index in [0.29, 0.717) is 5.56 Å². The van der Waals surface area contributed by atoms with Gasteiger partial charge in [-0.3, -0.25) is 4.98 Å². The zero-order valence-corrected chi connectivity index (χ0v) is 9.11. The molecule has 0 aromatic carbocycles. The molecule has 0 saturated heterocycles. The maximum absolute atomic E-state index is 10.7. The first-order valence-corrected chi connectivity index (χ1v) is 4.80. The molecule has 0 aliphatic rings. The third-order valence-electron chi connectivity index (χ3n) is 1.70. The van der Waals surface area contributed by atoms with Crippen LogP contribution in [0.4, 0.5) is 0 Å². The first-order valence-electron chi connectivity index (χ1n) is 4.80. The van der Waals surface area contributed by atoms with Crippen molar-refractivity contribution >= 4 is 5.97 Å². The highest BCUT2D eigenvalue weighted by Crippen LogP contribution is 2.17. The van der Waals surface area contributed by atoms with Crippen LogP contribution in [-0.2, 0) is 0 Å². The van der Waals surface area contributed by atoms with Crippen LogP contribution in [0, 0.1) is 0 Å². The molecule has 1 N–H and O–H groups in total. The number of rotatable bonds is 2. The Morgan fingerprint density at radius 3 is 2.36 bits per heavy atom. The highest BCUT2D eigenvalue weighted by atomic mass is 16.4. The summed E-state index contributed by atoms with van der Waals surface area (Å²) < 4.78 is 0. The summed E-state index contributed by atoms with van der Waals surface area (Å²) in [6, 6.07) is 1.53. The SMILES string of the molecule is CC.CC(C)c1cnccc1C(=O)O. The molecule has 0 aliphatic carbocycles. The van der Waals surface area contributed by atoms with E-state index >= 15 is 0 Å². The summed E-state index contributed by atoms with van der Waals surface area (Å²) in [6.07, 6.45) is 3.10. The minimum absolute atomic E-state index is 0.199. The maximum atomic E-state index is 10.7. The summed E-state index contributed by atoms with van der Waals surface area (Å²) in [5.74, 6) is -0.689. The average molecular weight is 195 g/mol. The quantitative estimate of drug-likeness (QED) is 0.789. The van der Waals surface area contributed by atoms with Gasteiger partial charge in [-0.25, -0.2) is 4.79 Å². The molecular formula is C11H17NO2. The van der Waals surface area contributed by atoms with Crippen LogP contribution in [0.5, 0.6) is 0 Å². The minimum Gasteiger partial charge on any atom is -0.478 e. The van der Waals surface area contributed by atoms with Gasteiger partial charge in [-0.2, -0.15) is 0 Å². The van der Waals surface area contributed by atoms with Gasteiger partial charge < -0.3 is 5.11 Å². The number of hydrogen-bond acceptors (Lipinski definition) is 2. The smallest absolute Gasteiger partial charge is 0.336 e. The Kier molecular flexibility index (Phi) is 5.53. The molecule has 1 heterocycles. The van der Waals surface area contributed by atoms with Gasteiger partial charge in [-0.15, -0.1) is 0 Å². The Morgan fingerprint density at radius 2 is 2.00 bits per heavy atom. The molecule has 0 atom stereocenters. The fourth-order valence-corrected chi connectivity index (χ4v) is 1.06. The summed E-state index contributed by atoms with van der Waals surface area (Å²) in [7, 11) is 0. The Balaban J connectivity index is 0.000000791. The number of aromatic nitrogens is 1. The summed E-state index contributed by atoms with van der Waals surface area (Å²) in [6.45, 7) is 7.90. The second-order valence-corrected chi connectivity index (χ2v) is 2.92. The fourth-order valence-electron chi connectivity index (χ4n) is 1.06. The molecule has 3 heteroatoms. The molecule has 0 bridgehead atoms. The van der Waals surface area contributed by atoms with Gasteiger partial charge in [0.05, 0.1) is 5.56 Å². The monoisotopic (exact) mass is 195 g/mol. The van der Waals surface area contributed by atoms with Crippen molar-refractivity contribution in [2.45, 2.75) is 33.6 Å². The van der Waals surface area contributed by atoms with Crippen molar-refractivity contribution in [2.24, 2.45) is 0 Å². The van der Waals surface area contributed by atoms with Crippen LogP contribution in [0.15, 0.2) is 18.5 Å². The van der Waals surface area contributed by atoms with Crippen LogP contribution >= 0.6 is 0 Å². The second kappa shape index (κ2) is 6.13. The first-order chi connectivity index (χ1) is 6.63. The van der Waals surface area contributed by atoms with Crippen molar-refractivity contribution in [1.29, 1.82) is 0 Å². The number of pyridine rings is 1. The van der Waals surface area contributed by atoms with Gasteiger partial charge in [0, 0.05) is 12.4 Å². The number of nitrogens with zero attached hydrogens (tertiary/aromatic N) is 1. The van der Waals surface area contributed by atoms with Crippen LogP contribution in [0.25, 0.3) is 0 Å². The zero-order valence-electron chi connectivity index (χ0n) is 9.11. The predicted molar refractivity (Wildman–Crippen MR) is 56.6 cm³/mol. The maximum Gasteiger partial charge on any atom is 0.336 e. The van der Waals surface area contributed by atoms with Gasteiger partial charge in [0.15, 0.2) is 0 Å². The topological polar surface area (TPSA) is 50.2 Å². The number of carboxylic acids is 1. The van der Waals surface area contributed by atoms with Crippen molar-refractivity contribution in [1.82, 2.24) is 4.98 Å². The van der Waals surface area contributed by atoms with E-state index in [1.54, 1.807) is 6.20 Å². The predicted octanol–water partition coefficient (Wildman–Crippen LogP) is 2.93. The van der Waals surface area contributed by atoms with Crippen LogP contribution in [0.1, 0.15) is 49.5 Å². The van der Waals surface area contributed by atoms with Crippen molar-refractivity contribution in [3.8, 4) is 0 Å². The van der Waals surface area contributed by atoms with E-state index in [4.69, 9.17) is 5.11 Å². The van der Waals surface area contributed by atoms with Gasteiger partial charge in [0.2, 0.25) is 0 Å². The van der Waals surface area contributed by atoms with Crippen LogP contribution in [0.3, 0.4) is 0 Å². The van der Waals surface area contributed by atoms with E-state index in [0.717, 1.165) is 5.56 Å². The standard InChI is InChI=1S/C9H11NO2.C2H6/c1-6(2)8-5-10-4-3-7(8)9(11)12;1-2/h3-6H,1-2H3,(H,11,12);1-2H3. The second-order valence-electron chi connectivity index (χ2n) is 2.92. The number of carboxylic acid groups (broad SMARTS) is 1. The summed E-state index contributed by atoms with van der Waals surface area (Å²) >= 11 is 0.